The zero-order chi connectivity index (χ0) is 15.6. The summed E-state index contributed by atoms with van der Waals surface area (Å²) < 4.78 is 5.23. The Balaban J connectivity index is 2.13. The Morgan fingerprint density at radius 3 is 2.67 bits per heavy atom. The number of aldehydes is 1. The Morgan fingerprint density at radius 2 is 2.05 bits per heavy atom. The molecule has 5 nitrogen and oxygen atoms in total. The fourth-order valence-corrected chi connectivity index (χ4v) is 2.07. The van der Waals surface area contributed by atoms with Gasteiger partial charge >= 0.3 is 6.09 Å². The summed E-state index contributed by atoms with van der Waals surface area (Å²) in [5.74, 6) is 0. The minimum absolute atomic E-state index is 0.188. The van der Waals surface area contributed by atoms with Crippen LogP contribution in [0, 0.1) is 0 Å². The molecular weight excluding hydrogens is 268 g/mol. The number of benzene rings is 1. The summed E-state index contributed by atoms with van der Waals surface area (Å²) in [6.07, 6.45) is 0.331. The molecule has 1 atom stereocenters. The lowest BCUT2D eigenvalue weighted by molar-refractivity contribution is 0.0508. The maximum Gasteiger partial charge on any atom is 0.408 e. The van der Waals surface area contributed by atoms with Gasteiger partial charge in [-0.3, -0.25) is 4.79 Å². The molecule has 1 heterocycles. The Labute approximate surface area is 123 Å². The number of nitrogens with one attached hydrogen (secondary N) is 2. The molecule has 0 saturated carbocycles. The van der Waals surface area contributed by atoms with Crippen molar-refractivity contribution in [3.05, 3.63) is 35.5 Å². The number of rotatable bonds is 3. The zero-order valence-electron chi connectivity index (χ0n) is 12.7. The molecule has 1 aromatic carbocycles. The van der Waals surface area contributed by atoms with Crippen LogP contribution in [0.1, 0.15) is 49.8 Å². The van der Waals surface area contributed by atoms with Crippen LogP contribution in [0.2, 0.25) is 0 Å². The highest BCUT2D eigenvalue weighted by molar-refractivity contribution is 5.88. The van der Waals surface area contributed by atoms with Gasteiger partial charge in [-0.2, -0.15) is 0 Å². The van der Waals surface area contributed by atoms with Crippen molar-refractivity contribution < 1.29 is 14.3 Å². The van der Waals surface area contributed by atoms with E-state index in [9.17, 15) is 9.59 Å². The Bertz CT molecular complexity index is 668. The molecule has 1 unspecified atom stereocenters. The van der Waals surface area contributed by atoms with Gasteiger partial charge in [-0.05, 0) is 45.4 Å². The summed E-state index contributed by atoms with van der Waals surface area (Å²) in [5.41, 5.74) is 1.82. The van der Waals surface area contributed by atoms with Gasteiger partial charge in [0.05, 0.1) is 11.7 Å². The highest BCUT2D eigenvalue weighted by atomic mass is 16.6. The van der Waals surface area contributed by atoms with Gasteiger partial charge in [0.25, 0.3) is 0 Å². The van der Waals surface area contributed by atoms with Crippen molar-refractivity contribution in [3.63, 3.8) is 0 Å². The van der Waals surface area contributed by atoms with Crippen LogP contribution in [0.25, 0.3) is 10.9 Å². The first-order chi connectivity index (χ1) is 9.78. The van der Waals surface area contributed by atoms with Gasteiger partial charge < -0.3 is 15.0 Å². The second kappa shape index (κ2) is 5.60. The van der Waals surface area contributed by atoms with Crippen LogP contribution in [0.5, 0.6) is 0 Å². The largest absolute Gasteiger partial charge is 0.444 e. The fraction of sp³-hybridized carbons (Fsp3) is 0.375. The topological polar surface area (TPSA) is 71.2 Å². The minimum Gasteiger partial charge on any atom is -0.444 e. The molecule has 0 radical (unpaired) electrons. The lowest BCUT2D eigenvalue weighted by Crippen LogP contribution is -2.34. The number of H-pyrrole nitrogens is 1. The van der Waals surface area contributed by atoms with Gasteiger partial charge in [-0.15, -0.1) is 0 Å². The standard InChI is InChI=1S/C16H20N2O3/c1-10(17-15(20)21-16(2,3)4)11-5-6-12-7-13(9-19)18-14(12)8-11/h5-10,18H,1-4H3,(H,17,20). The second-order valence-corrected chi connectivity index (χ2v) is 6.06. The molecule has 0 aliphatic carbocycles. The second-order valence-electron chi connectivity index (χ2n) is 6.06. The summed E-state index contributed by atoms with van der Waals surface area (Å²) in [6, 6.07) is 7.36. The van der Waals surface area contributed by atoms with Crippen LogP contribution in [0.4, 0.5) is 4.79 Å². The van der Waals surface area contributed by atoms with Crippen molar-refractivity contribution in [1.29, 1.82) is 0 Å². The van der Waals surface area contributed by atoms with E-state index in [1.165, 1.54) is 0 Å². The molecule has 0 aliphatic heterocycles. The van der Waals surface area contributed by atoms with E-state index in [4.69, 9.17) is 4.74 Å². The number of hydrogen-bond acceptors (Lipinski definition) is 3. The first-order valence-corrected chi connectivity index (χ1v) is 6.86. The van der Waals surface area contributed by atoms with Crippen LogP contribution in [0.15, 0.2) is 24.3 Å². The van der Waals surface area contributed by atoms with E-state index in [1.807, 2.05) is 45.9 Å². The summed E-state index contributed by atoms with van der Waals surface area (Å²) in [6.45, 7) is 7.35. The fourth-order valence-electron chi connectivity index (χ4n) is 2.07. The molecule has 0 bridgehead atoms. The number of alkyl carbamates (subject to hydrolysis) is 1. The third-order valence-corrected chi connectivity index (χ3v) is 3.03. The van der Waals surface area contributed by atoms with E-state index in [2.05, 4.69) is 10.3 Å². The maximum atomic E-state index is 11.8. The first-order valence-electron chi connectivity index (χ1n) is 6.86. The summed E-state index contributed by atoms with van der Waals surface area (Å²) in [7, 11) is 0. The highest BCUT2D eigenvalue weighted by Crippen LogP contribution is 2.21. The molecule has 0 aliphatic rings. The first kappa shape index (κ1) is 15.1. The Hall–Kier alpha value is -2.30. The van der Waals surface area contributed by atoms with E-state index in [-0.39, 0.29) is 6.04 Å². The molecule has 21 heavy (non-hydrogen) atoms. The molecule has 0 spiro atoms. The van der Waals surface area contributed by atoms with Gasteiger partial charge in [0.2, 0.25) is 0 Å². The van der Waals surface area contributed by atoms with Crippen molar-refractivity contribution >= 4 is 23.3 Å². The molecular formula is C16H20N2O3. The Morgan fingerprint density at radius 1 is 1.33 bits per heavy atom. The summed E-state index contributed by atoms with van der Waals surface area (Å²) in [4.78, 5) is 25.6. The molecule has 0 fully saturated rings. The van der Waals surface area contributed by atoms with E-state index >= 15 is 0 Å². The van der Waals surface area contributed by atoms with E-state index in [0.717, 1.165) is 22.8 Å². The number of fused-ring (bicyclic) bond motifs is 1. The van der Waals surface area contributed by atoms with Gasteiger partial charge in [-0.1, -0.05) is 12.1 Å². The number of aromatic amines is 1. The molecule has 2 rings (SSSR count). The van der Waals surface area contributed by atoms with Crippen LogP contribution < -0.4 is 5.32 Å². The number of aromatic nitrogens is 1. The van der Waals surface area contributed by atoms with Crippen molar-refractivity contribution in [2.75, 3.05) is 0 Å². The number of carbonyl (C=O) groups excluding carboxylic acids is 2. The van der Waals surface area contributed by atoms with Gasteiger partial charge in [-0.25, -0.2) is 4.79 Å². The predicted molar refractivity (Wildman–Crippen MR) is 81.5 cm³/mol. The molecule has 5 heteroatoms. The average Bonchev–Trinajstić information content (AvgIpc) is 2.77. The number of ether oxygens (including phenoxy) is 1. The van der Waals surface area contributed by atoms with Crippen LogP contribution in [0.3, 0.4) is 0 Å². The minimum atomic E-state index is -0.522. The molecule has 112 valence electrons. The third kappa shape index (κ3) is 3.84. The summed E-state index contributed by atoms with van der Waals surface area (Å²) >= 11 is 0. The molecule has 2 N–H and O–H groups in total. The lowest BCUT2D eigenvalue weighted by atomic mass is 10.1. The smallest absolute Gasteiger partial charge is 0.408 e. The van der Waals surface area contributed by atoms with Crippen molar-refractivity contribution in [2.24, 2.45) is 0 Å². The molecule has 1 amide bonds. The van der Waals surface area contributed by atoms with Gasteiger partial charge in [0, 0.05) is 10.9 Å². The number of hydrogen-bond donors (Lipinski definition) is 2. The van der Waals surface area contributed by atoms with Gasteiger partial charge in [0.1, 0.15) is 5.60 Å². The quantitative estimate of drug-likeness (QED) is 0.848. The van der Waals surface area contributed by atoms with Crippen molar-refractivity contribution in [1.82, 2.24) is 10.3 Å². The molecule has 1 aromatic heterocycles. The predicted octanol–water partition coefficient (Wildman–Crippen LogP) is 3.57. The zero-order valence-corrected chi connectivity index (χ0v) is 12.7. The van der Waals surface area contributed by atoms with Crippen LogP contribution in [-0.4, -0.2) is 23.0 Å². The van der Waals surface area contributed by atoms with Crippen molar-refractivity contribution in [2.45, 2.75) is 39.3 Å². The van der Waals surface area contributed by atoms with Crippen LogP contribution >= 0.6 is 0 Å². The van der Waals surface area contributed by atoms with Crippen LogP contribution in [-0.2, 0) is 4.74 Å². The van der Waals surface area contributed by atoms with E-state index < -0.39 is 11.7 Å². The van der Waals surface area contributed by atoms with E-state index in [1.54, 1.807) is 6.07 Å². The Kier molecular flexibility index (Phi) is 4.02. The van der Waals surface area contributed by atoms with Crippen molar-refractivity contribution in [3.8, 4) is 0 Å². The van der Waals surface area contributed by atoms with E-state index in [0.29, 0.717) is 5.69 Å². The average molecular weight is 288 g/mol. The number of amides is 1. The molecule has 0 saturated heterocycles. The maximum absolute atomic E-state index is 11.8. The SMILES string of the molecule is CC(NC(=O)OC(C)(C)C)c1ccc2cc(C=O)[nH]c2c1. The van der Waals surface area contributed by atoms with Gasteiger partial charge in [0.15, 0.2) is 6.29 Å². The lowest BCUT2D eigenvalue weighted by Gasteiger charge is -2.22. The third-order valence-electron chi connectivity index (χ3n) is 3.03. The number of carbonyl (C=O) groups is 2. The normalized spacial score (nSPS) is 13.0. The summed E-state index contributed by atoms with van der Waals surface area (Å²) in [5, 5.41) is 3.76. The highest BCUT2D eigenvalue weighted by Gasteiger charge is 2.18. The molecule has 2 aromatic rings. The monoisotopic (exact) mass is 288 g/mol.